The maximum atomic E-state index is 13.1. The van der Waals surface area contributed by atoms with Crippen LogP contribution in [0, 0.1) is 21.7 Å². The van der Waals surface area contributed by atoms with Gasteiger partial charge < -0.3 is 4.74 Å². The third kappa shape index (κ3) is 2.88. The number of terminal acetylenes is 1. The second kappa shape index (κ2) is 5.07. The highest BCUT2D eigenvalue weighted by atomic mass is 127. The van der Waals surface area contributed by atoms with Crippen LogP contribution in [0.5, 0.6) is 5.75 Å². The molecule has 68 valence electrons. The largest absolute Gasteiger partial charge is 0.488 e. The molecule has 1 rings (SSSR count). The van der Waals surface area contributed by atoms with E-state index in [1.165, 1.54) is 6.07 Å². The Kier molecular flexibility index (Phi) is 4.03. The average Bonchev–Trinajstić information content (AvgIpc) is 2.10. The standard InChI is InChI=1S/C10H8FIO/c1-2-3-7-13-10-8(11)5-4-6-9(10)12/h1,4-6H,3,7H2. The van der Waals surface area contributed by atoms with Crippen LogP contribution in [0.4, 0.5) is 4.39 Å². The summed E-state index contributed by atoms with van der Waals surface area (Å²) in [7, 11) is 0. The molecule has 3 heteroatoms. The molecule has 0 amide bonds. The number of hydrogen-bond acceptors (Lipinski definition) is 1. The van der Waals surface area contributed by atoms with Gasteiger partial charge in [0, 0.05) is 6.42 Å². The third-order valence-corrected chi connectivity index (χ3v) is 2.26. The van der Waals surface area contributed by atoms with Gasteiger partial charge in [0.15, 0.2) is 11.6 Å². The van der Waals surface area contributed by atoms with Crippen molar-refractivity contribution in [1.29, 1.82) is 0 Å². The van der Waals surface area contributed by atoms with Crippen LogP contribution in [-0.2, 0) is 0 Å². The van der Waals surface area contributed by atoms with Crippen molar-refractivity contribution >= 4 is 22.6 Å². The van der Waals surface area contributed by atoms with E-state index >= 15 is 0 Å². The molecule has 0 radical (unpaired) electrons. The Hall–Kier alpha value is -0.760. The second-order valence-electron chi connectivity index (χ2n) is 2.35. The van der Waals surface area contributed by atoms with E-state index < -0.39 is 0 Å². The molecule has 0 aliphatic rings. The Morgan fingerprint density at radius 1 is 1.54 bits per heavy atom. The summed E-state index contributed by atoms with van der Waals surface area (Å²) in [5.41, 5.74) is 0. The van der Waals surface area contributed by atoms with Gasteiger partial charge in [-0.2, -0.15) is 0 Å². The predicted molar refractivity (Wildman–Crippen MR) is 58.1 cm³/mol. The maximum absolute atomic E-state index is 13.1. The van der Waals surface area contributed by atoms with E-state index in [4.69, 9.17) is 11.2 Å². The average molecular weight is 290 g/mol. The summed E-state index contributed by atoms with van der Waals surface area (Å²) >= 11 is 2.02. The minimum Gasteiger partial charge on any atom is -0.488 e. The highest BCUT2D eigenvalue weighted by Crippen LogP contribution is 2.23. The number of halogens is 2. The van der Waals surface area contributed by atoms with Gasteiger partial charge >= 0.3 is 0 Å². The molecule has 1 aromatic carbocycles. The van der Waals surface area contributed by atoms with Crippen LogP contribution in [-0.4, -0.2) is 6.61 Å². The van der Waals surface area contributed by atoms with Crippen LogP contribution in [0.3, 0.4) is 0 Å². The molecule has 0 saturated heterocycles. The van der Waals surface area contributed by atoms with Crippen molar-refractivity contribution in [2.75, 3.05) is 6.61 Å². The lowest BCUT2D eigenvalue weighted by atomic mass is 10.3. The van der Waals surface area contributed by atoms with E-state index in [-0.39, 0.29) is 5.82 Å². The number of para-hydroxylation sites is 1. The van der Waals surface area contributed by atoms with E-state index in [1.807, 2.05) is 22.6 Å². The van der Waals surface area contributed by atoms with Gasteiger partial charge in [-0.05, 0) is 34.7 Å². The molecule has 0 bridgehead atoms. The molecule has 0 saturated carbocycles. The number of benzene rings is 1. The molecule has 0 N–H and O–H groups in total. The molecule has 0 atom stereocenters. The van der Waals surface area contributed by atoms with E-state index in [1.54, 1.807) is 12.1 Å². The van der Waals surface area contributed by atoms with Crippen LogP contribution >= 0.6 is 22.6 Å². The molecule has 13 heavy (non-hydrogen) atoms. The van der Waals surface area contributed by atoms with Gasteiger partial charge in [0.2, 0.25) is 0 Å². The lowest BCUT2D eigenvalue weighted by Gasteiger charge is -2.06. The number of hydrogen-bond donors (Lipinski definition) is 0. The van der Waals surface area contributed by atoms with Crippen LogP contribution in [0.1, 0.15) is 6.42 Å². The monoisotopic (exact) mass is 290 g/mol. The van der Waals surface area contributed by atoms with Gasteiger partial charge in [-0.15, -0.1) is 12.3 Å². The Morgan fingerprint density at radius 3 is 2.92 bits per heavy atom. The molecule has 0 spiro atoms. The van der Waals surface area contributed by atoms with Gasteiger partial charge in [0.05, 0.1) is 10.2 Å². The summed E-state index contributed by atoms with van der Waals surface area (Å²) in [4.78, 5) is 0. The fourth-order valence-electron chi connectivity index (χ4n) is 0.832. The summed E-state index contributed by atoms with van der Waals surface area (Å²) in [5, 5.41) is 0. The SMILES string of the molecule is C#CCCOc1c(F)cccc1I. The quantitative estimate of drug-likeness (QED) is 0.472. The molecule has 0 aliphatic carbocycles. The first kappa shape index (κ1) is 10.3. The van der Waals surface area contributed by atoms with Crippen LogP contribution < -0.4 is 4.74 Å². The lowest BCUT2D eigenvalue weighted by molar-refractivity contribution is 0.307. The molecule has 0 heterocycles. The molecule has 1 nitrogen and oxygen atoms in total. The zero-order valence-corrected chi connectivity index (χ0v) is 9.05. The normalized spacial score (nSPS) is 9.31. The summed E-state index contributed by atoms with van der Waals surface area (Å²) in [6.07, 6.45) is 5.53. The van der Waals surface area contributed by atoms with E-state index in [0.29, 0.717) is 18.8 Å². The fourth-order valence-corrected chi connectivity index (χ4v) is 1.45. The van der Waals surface area contributed by atoms with Crippen molar-refractivity contribution in [2.24, 2.45) is 0 Å². The third-order valence-electron chi connectivity index (χ3n) is 1.41. The Balaban J connectivity index is 2.71. The molecule has 0 fully saturated rings. The van der Waals surface area contributed by atoms with E-state index in [0.717, 1.165) is 3.57 Å². The molecular formula is C10H8FIO. The maximum Gasteiger partial charge on any atom is 0.168 e. The minimum absolute atomic E-state index is 0.290. The van der Waals surface area contributed by atoms with Gasteiger partial charge in [0.1, 0.15) is 0 Å². The minimum atomic E-state index is -0.344. The van der Waals surface area contributed by atoms with E-state index in [2.05, 4.69) is 5.92 Å². The van der Waals surface area contributed by atoms with Crippen molar-refractivity contribution in [3.8, 4) is 18.1 Å². The topological polar surface area (TPSA) is 9.23 Å². The molecular weight excluding hydrogens is 282 g/mol. The molecule has 0 aliphatic heterocycles. The first-order chi connectivity index (χ1) is 6.25. The lowest BCUT2D eigenvalue weighted by Crippen LogP contribution is -1.99. The van der Waals surface area contributed by atoms with Crippen LogP contribution in [0.15, 0.2) is 18.2 Å². The predicted octanol–water partition coefficient (Wildman–Crippen LogP) is 2.83. The van der Waals surface area contributed by atoms with Crippen molar-refractivity contribution in [1.82, 2.24) is 0 Å². The summed E-state index contributed by atoms with van der Waals surface area (Å²) in [6, 6.07) is 4.80. The van der Waals surface area contributed by atoms with Gasteiger partial charge in [-0.1, -0.05) is 6.07 Å². The van der Waals surface area contributed by atoms with Crippen LogP contribution in [0.25, 0.3) is 0 Å². The highest BCUT2D eigenvalue weighted by Gasteiger charge is 2.06. The zero-order chi connectivity index (χ0) is 9.68. The first-order valence-corrected chi connectivity index (χ1v) is 4.84. The van der Waals surface area contributed by atoms with Gasteiger partial charge in [-0.25, -0.2) is 4.39 Å². The Morgan fingerprint density at radius 2 is 2.31 bits per heavy atom. The van der Waals surface area contributed by atoms with Gasteiger partial charge in [0.25, 0.3) is 0 Å². The van der Waals surface area contributed by atoms with Crippen molar-refractivity contribution in [3.05, 3.63) is 27.6 Å². The van der Waals surface area contributed by atoms with Crippen molar-refractivity contribution in [2.45, 2.75) is 6.42 Å². The van der Waals surface area contributed by atoms with E-state index in [9.17, 15) is 4.39 Å². The van der Waals surface area contributed by atoms with Crippen LogP contribution in [0.2, 0.25) is 0 Å². The number of rotatable bonds is 3. The molecule has 0 unspecified atom stereocenters. The smallest absolute Gasteiger partial charge is 0.168 e. The zero-order valence-electron chi connectivity index (χ0n) is 6.89. The Bertz CT molecular complexity index is 310. The fraction of sp³-hybridized carbons (Fsp3) is 0.200. The van der Waals surface area contributed by atoms with Crippen molar-refractivity contribution in [3.63, 3.8) is 0 Å². The van der Waals surface area contributed by atoms with Crippen molar-refractivity contribution < 1.29 is 9.13 Å². The molecule has 1 aromatic rings. The summed E-state index contributed by atoms with van der Waals surface area (Å²) in [6.45, 7) is 0.355. The Labute approximate surface area is 90.4 Å². The summed E-state index contributed by atoms with van der Waals surface area (Å²) < 4.78 is 19.0. The molecule has 0 aromatic heterocycles. The second-order valence-corrected chi connectivity index (χ2v) is 3.52. The highest BCUT2D eigenvalue weighted by molar-refractivity contribution is 14.1. The first-order valence-electron chi connectivity index (χ1n) is 3.76. The van der Waals surface area contributed by atoms with Gasteiger partial charge in [-0.3, -0.25) is 0 Å². The number of ether oxygens (including phenoxy) is 1. The summed E-state index contributed by atoms with van der Waals surface area (Å²) in [5.74, 6) is 2.37.